The number of carbonyl (C=O) groups is 1. The van der Waals surface area contributed by atoms with Gasteiger partial charge in [0.25, 0.3) is 0 Å². The Kier molecular flexibility index (Phi) is 6.17. The van der Waals surface area contributed by atoms with Gasteiger partial charge in [-0.1, -0.05) is 30.3 Å². The average Bonchev–Trinajstić information content (AvgIpc) is 2.85. The lowest BCUT2D eigenvalue weighted by atomic mass is 9.95. The molecule has 3 N–H and O–H groups in total. The molecule has 1 heterocycles. The minimum absolute atomic E-state index is 0.0376. The maximum Gasteiger partial charge on any atom is 0.234 e. The molecule has 1 aromatic rings. The topological polar surface area (TPSA) is 67.6 Å². The van der Waals surface area contributed by atoms with Crippen molar-refractivity contribution in [1.29, 1.82) is 0 Å². The average molecular weight is 291 g/mol. The van der Waals surface area contributed by atoms with E-state index in [1.54, 1.807) is 0 Å². The molecule has 2 rings (SSSR count). The van der Waals surface area contributed by atoms with Gasteiger partial charge >= 0.3 is 0 Å². The number of carbonyl (C=O) groups excluding carboxylic acids is 1. The van der Waals surface area contributed by atoms with Crippen LogP contribution in [0.15, 0.2) is 30.3 Å². The van der Waals surface area contributed by atoms with Gasteiger partial charge in [0.15, 0.2) is 0 Å². The number of likely N-dealkylation sites (tertiary alicyclic amines) is 1. The van der Waals surface area contributed by atoms with Gasteiger partial charge in [-0.15, -0.1) is 0 Å². The van der Waals surface area contributed by atoms with Crippen LogP contribution >= 0.6 is 0 Å². The summed E-state index contributed by atoms with van der Waals surface area (Å²) in [5.41, 5.74) is 7.48. The highest BCUT2D eigenvalue weighted by Gasteiger charge is 2.31. The molecular weight excluding hydrogens is 266 g/mol. The third-order valence-corrected chi connectivity index (χ3v) is 3.81. The SMILES string of the molecule is CCOCCNC(=O)CN1C[C@@H](N)[C@H](c2ccccc2)C1. The van der Waals surface area contributed by atoms with Gasteiger partial charge in [0.1, 0.15) is 0 Å². The number of benzene rings is 1. The van der Waals surface area contributed by atoms with Crippen LogP contribution in [-0.2, 0) is 9.53 Å². The predicted molar refractivity (Wildman–Crippen MR) is 83.1 cm³/mol. The molecule has 0 aromatic heterocycles. The summed E-state index contributed by atoms with van der Waals surface area (Å²) in [4.78, 5) is 14.0. The maximum absolute atomic E-state index is 11.9. The highest BCUT2D eigenvalue weighted by Crippen LogP contribution is 2.25. The molecule has 0 radical (unpaired) electrons. The Morgan fingerprint density at radius 2 is 2.14 bits per heavy atom. The zero-order chi connectivity index (χ0) is 15.1. The molecule has 1 aliphatic rings. The molecule has 5 nitrogen and oxygen atoms in total. The van der Waals surface area contributed by atoms with Gasteiger partial charge < -0.3 is 15.8 Å². The van der Waals surface area contributed by atoms with Crippen LogP contribution in [0.1, 0.15) is 18.4 Å². The normalized spacial score (nSPS) is 22.4. The van der Waals surface area contributed by atoms with Crippen LogP contribution in [-0.4, -0.2) is 56.2 Å². The summed E-state index contributed by atoms with van der Waals surface area (Å²) >= 11 is 0. The third kappa shape index (κ3) is 4.81. The maximum atomic E-state index is 11.9. The van der Waals surface area contributed by atoms with E-state index in [-0.39, 0.29) is 11.9 Å². The van der Waals surface area contributed by atoms with Crippen molar-refractivity contribution < 1.29 is 9.53 Å². The molecular formula is C16H25N3O2. The first kappa shape index (κ1) is 15.9. The second-order valence-electron chi connectivity index (χ2n) is 5.42. The molecule has 1 fully saturated rings. The van der Waals surface area contributed by atoms with Gasteiger partial charge in [-0.05, 0) is 12.5 Å². The number of nitrogens with two attached hydrogens (primary N) is 1. The Balaban J connectivity index is 1.77. The number of nitrogens with one attached hydrogen (secondary N) is 1. The lowest BCUT2D eigenvalue weighted by Crippen LogP contribution is -2.38. The molecule has 1 amide bonds. The van der Waals surface area contributed by atoms with E-state index in [2.05, 4.69) is 22.3 Å². The summed E-state index contributed by atoms with van der Waals surface area (Å²) in [5, 5.41) is 2.87. The van der Waals surface area contributed by atoms with E-state index in [4.69, 9.17) is 10.5 Å². The van der Waals surface area contributed by atoms with Gasteiger partial charge in [0.05, 0.1) is 13.2 Å². The fourth-order valence-corrected chi connectivity index (χ4v) is 2.76. The molecule has 0 aliphatic carbocycles. The Morgan fingerprint density at radius 3 is 2.86 bits per heavy atom. The third-order valence-electron chi connectivity index (χ3n) is 3.81. The van der Waals surface area contributed by atoms with E-state index in [0.29, 0.717) is 32.2 Å². The van der Waals surface area contributed by atoms with Gasteiger partial charge in [0, 0.05) is 38.2 Å². The molecule has 5 heteroatoms. The van der Waals surface area contributed by atoms with Gasteiger partial charge in [0.2, 0.25) is 5.91 Å². The van der Waals surface area contributed by atoms with E-state index in [9.17, 15) is 4.79 Å². The van der Waals surface area contributed by atoms with Crippen molar-refractivity contribution in [2.45, 2.75) is 18.9 Å². The number of amides is 1. The van der Waals surface area contributed by atoms with Crippen LogP contribution in [0.25, 0.3) is 0 Å². The van der Waals surface area contributed by atoms with Crippen LogP contribution in [0.5, 0.6) is 0 Å². The molecule has 21 heavy (non-hydrogen) atoms. The highest BCUT2D eigenvalue weighted by atomic mass is 16.5. The van der Waals surface area contributed by atoms with E-state index < -0.39 is 0 Å². The van der Waals surface area contributed by atoms with Crippen molar-refractivity contribution in [2.75, 3.05) is 39.4 Å². The van der Waals surface area contributed by atoms with E-state index >= 15 is 0 Å². The smallest absolute Gasteiger partial charge is 0.234 e. The van der Waals surface area contributed by atoms with Gasteiger partial charge in [-0.25, -0.2) is 0 Å². The van der Waals surface area contributed by atoms with Gasteiger partial charge in [-0.2, -0.15) is 0 Å². The number of ether oxygens (including phenoxy) is 1. The molecule has 2 atom stereocenters. The highest BCUT2D eigenvalue weighted by molar-refractivity contribution is 5.78. The van der Waals surface area contributed by atoms with Crippen LogP contribution < -0.4 is 11.1 Å². The molecule has 0 unspecified atom stereocenters. The predicted octanol–water partition coefficient (Wildman–Crippen LogP) is 0.566. The number of hydrogen-bond acceptors (Lipinski definition) is 4. The fourth-order valence-electron chi connectivity index (χ4n) is 2.76. The van der Waals surface area contributed by atoms with Crippen LogP contribution in [0.3, 0.4) is 0 Å². The number of nitrogens with zero attached hydrogens (tertiary/aromatic N) is 1. The van der Waals surface area contributed by atoms with Crippen LogP contribution in [0.4, 0.5) is 0 Å². The molecule has 1 aliphatic heterocycles. The van der Waals surface area contributed by atoms with E-state index in [0.717, 1.165) is 13.1 Å². The first-order chi connectivity index (χ1) is 10.2. The molecule has 0 spiro atoms. The number of hydrogen-bond donors (Lipinski definition) is 2. The van der Waals surface area contributed by atoms with Crippen molar-refractivity contribution >= 4 is 5.91 Å². The fraction of sp³-hybridized carbons (Fsp3) is 0.562. The summed E-state index contributed by atoms with van der Waals surface area (Å²) < 4.78 is 5.20. The van der Waals surface area contributed by atoms with Crippen molar-refractivity contribution in [1.82, 2.24) is 10.2 Å². The lowest BCUT2D eigenvalue weighted by molar-refractivity contribution is -0.122. The minimum Gasteiger partial charge on any atom is -0.380 e. The molecule has 116 valence electrons. The molecule has 1 saturated heterocycles. The summed E-state index contributed by atoms with van der Waals surface area (Å²) in [5.74, 6) is 0.345. The molecule has 0 bridgehead atoms. The Bertz CT molecular complexity index is 438. The van der Waals surface area contributed by atoms with E-state index in [1.165, 1.54) is 5.56 Å². The largest absolute Gasteiger partial charge is 0.380 e. The first-order valence-electron chi connectivity index (χ1n) is 7.58. The van der Waals surface area contributed by atoms with Gasteiger partial charge in [-0.3, -0.25) is 9.69 Å². The van der Waals surface area contributed by atoms with Crippen molar-refractivity contribution in [3.63, 3.8) is 0 Å². The monoisotopic (exact) mass is 291 g/mol. The summed E-state index contributed by atoms with van der Waals surface area (Å²) in [7, 11) is 0. The van der Waals surface area contributed by atoms with Crippen LogP contribution in [0.2, 0.25) is 0 Å². The summed E-state index contributed by atoms with van der Waals surface area (Å²) in [6.45, 7) is 5.75. The van der Waals surface area contributed by atoms with Crippen LogP contribution in [0, 0.1) is 0 Å². The molecule has 1 aromatic carbocycles. The molecule has 0 saturated carbocycles. The van der Waals surface area contributed by atoms with Crippen molar-refractivity contribution in [3.05, 3.63) is 35.9 Å². The van der Waals surface area contributed by atoms with E-state index in [1.807, 2.05) is 25.1 Å². The minimum atomic E-state index is 0.0376. The first-order valence-corrected chi connectivity index (χ1v) is 7.58. The van der Waals surface area contributed by atoms with Crippen molar-refractivity contribution in [3.8, 4) is 0 Å². The standard InChI is InChI=1S/C16H25N3O2/c1-2-21-9-8-18-16(20)12-19-10-14(15(17)11-19)13-6-4-3-5-7-13/h3-7,14-15H,2,8-12,17H2,1H3,(H,18,20)/t14-,15+/m0/s1. The Morgan fingerprint density at radius 1 is 1.38 bits per heavy atom. The number of rotatable bonds is 7. The summed E-state index contributed by atoms with van der Waals surface area (Å²) in [6, 6.07) is 10.4. The van der Waals surface area contributed by atoms with Crippen molar-refractivity contribution in [2.24, 2.45) is 5.73 Å². The Labute approximate surface area is 126 Å². The zero-order valence-corrected chi connectivity index (χ0v) is 12.6. The summed E-state index contributed by atoms with van der Waals surface area (Å²) in [6.07, 6.45) is 0. The second kappa shape index (κ2) is 8.12. The Hall–Kier alpha value is -1.43. The lowest BCUT2D eigenvalue weighted by Gasteiger charge is -2.15. The quantitative estimate of drug-likeness (QED) is 0.721. The second-order valence-corrected chi connectivity index (χ2v) is 5.42. The zero-order valence-electron chi connectivity index (χ0n) is 12.6.